The quantitative estimate of drug-likeness (QED) is 0.721. The third-order valence-electron chi connectivity index (χ3n) is 4.60. The van der Waals surface area contributed by atoms with Gasteiger partial charge in [-0.3, -0.25) is 4.79 Å². The molecule has 26 heavy (non-hydrogen) atoms. The van der Waals surface area contributed by atoms with E-state index in [4.69, 9.17) is 14.1 Å². The molecule has 0 saturated carbocycles. The summed E-state index contributed by atoms with van der Waals surface area (Å²) in [7, 11) is 0. The highest BCUT2D eigenvalue weighted by Crippen LogP contribution is 2.30. The highest BCUT2D eigenvalue weighted by molar-refractivity contribution is 5.94. The summed E-state index contributed by atoms with van der Waals surface area (Å²) in [5, 5.41) is 17.1. The van der Waals surface area contributed by atoms with E-state index in [0.717, 1.165) is 18.4 Å². The minimum atomic E-state index is -0.0162. The number of rotatable bonds is 3. The molecule has 3 heterocycles. The number of piperidine rings is 1. The van der Waals surface area contributed by atoms with Gasteiger partial charge in [0.25, 0.3) is 11.8 Å². The zero-order valence-electron chi connectivity index (χ0n) is 14.0. The van der Waals surface area contributed by atoms with Gasteiger partial charge in [0.1, 0.15) is 6.26 Å². The van der Waals surface area contributed by atoms with Gasteiger partial charge < -0.3 is 13.7 Å². The molecule has 0 N–H and O–H groups in total. The Morgan fingerprint density at radius 2 is 1.92 bits per heavy atom. The number of hydrogen-bond donors (Lipinski definition) is 0. The maximum Gasteiger partial charge on any atom is 0.253 e. The first-order valence-corrected chi connectivity index (χ1v) is 8.40. The SMILES string of the molecule is N#Cc1ccc(C(=O)N2CCC(c3nnc(-c4ccoc4)o3)CC2)cc1. The van der Waals surface area contributed by atoms with E-state index in [2.05, 4.69) is 16.3 Å². The number of carbonyl (C=O) groups excluding carboxylic acids is 1. The van der Waals surface area contributed by atoms with Gasteiger partial charge in [-0.25, -0.2) is 0 Å². The van der Waals surface area contributed by atoms with Gasteiger partial charge in [-0.2, -0.15) is 5.26 Å². The fourth-order valence-electron chi connectivity index (χ4n) is 3.10. The summed E-state index contributed by atoms with van der Waals surface area (Å²) in [5.74, 6) is 1.18. The Morgan fingerprint density at radius 3 is 2.58 bits per heavy atom. The molecule has 1 fully saturated rings. The molecule has 0 radical (unpaired) electrons. The van der Waals surface area contributed by atoms with Gasteiger partial charge in [0, 0.05) is 24.6 Å². The van der Waals surface area contributed by atoms with Crippen LogP contribution < -0.4 is 0 Å². The Labute approximate surface area is 149 Å². The van der Waals surface area contributed by atoms with Crippen molar-refractivity contribution >= 4 is 5.91 Å². The van der Waals surface area contributed by atoms with E-state index in [1.54, 1.807) is 42.9 Å². The number of amides is 1. The second kappa shape index (κ2) is 6.84. The molecule has 2 aromatic heterocycles. The van der Waals surface area contributed by atoms with E-state index in [9.17, 15) is 4.79 Å². The normalized spacial score (nSPS) is 15.0. The van der Waals surface area contributed by atoms with E-state index in [1.165, 1.54) is 0 Å². The number of hydrogen-bond acceptors (Lipinski definition) is 6. The van der Waals surface area contributed by atoms with Gasteiger partial charge >= 0.3 is 0 Å². The largest absolute Gasteiger partial charge is 0.472 e. The van der Waals surface area contributed by atoms with E-state index in [-0.39, 0.29) is 11.8 Å². The monoisotopic (exact) mass is 348 g/mol. The van der Waals surface area contributed by atoms with Crippen LogP contribution in [0.2, 0.25) is 0 Å². The van der Waals surface area contributed by atoms with Gasteiger partial charge in [0.2, 0.25) is 5.89 Å². The molecule has 1 aromatic carbocycles. The van der Waals surface area contributed by atoms with Crippen LogP contribution in [0.15, 0.2) is 51.7 Å². The van der Waals surface area contributed by atoms with Crippen LogP contribution >= 0.6 is 0 Å². The molecule has 1 aliphatic rings. The second-order valence-electron chi connectivity index (χ2n) is 6.21. The van der Waals surface area contributed by atoms with Crippen molar-refractivity contribution in [1.29, 1.82) is 5.26 Å². The molecule has 1 saturated heterocycles. The second-order valence-corrected chi connectivity index (χ2v) is 6.21. The maximum atomic E-state index is 12.6. The van der Waals surface area contributed by atoms with Gasteiger partial charge in [0.15, 0.2) is 0 Å². The lowest BCUT2D eigenvalue weighted by molar-refractivity contribution is 0.0706. The number of benzene rings is 1. The van der Waals surface area contributed by atoms with Crippen molar-refractivity contribution in [2.45, 2.75) is 18.8 Å². The summed E-state index contributed by atoms with van der Waals surface area (Å²) in [5.41, 5.74) is 1.91. The van der Waals surface area contributed by atoms with Crippen molar-refractivity contribution in [2.24, 2.45) is 0 Å². The van der Waals surface area contributed by atoms with Crippen LogP contribution in [-0.2, 0) is 0 Å². The predicted molar refractivity (Wildman–Crippen MR) is 91.0 cm³/mol. The molecule has 7 nitrogen and oxygen atoms in total. The molecular formula is C19H16N4O3. The first kappa shape index (κ1) is 16.1. The average Bonchev–Trinajstić information content (AvgIpc) is 3.39. The smallest absolute Gasteiger partial charge is 0.253 e. The molecule has 130 valence electrons. The number of furan rings is 1. The molecule has 0 aliphatic carbocycles. The number of nitrogens with zero attached hydrogens (tertiary/aromatic N) is 4. The summed E-state index contributed by atoms with van der Waals surface area (Å²) in [4.78, 5) is 14.4. The molecule has 0 spiro atoms. The van der Waals surface area contributed by atoms with Crippen LogP contribution in [0.3, 0.4) is 0 Å². The topological polar surface area (TPSA) is 96.2 Å². The summed E-state index contributed by atoms with van der Waals surface area (Å²) in [6.07, 6.45) is 4.67. The van der Waals surface area contributed by atoms with Crippen molar-refractivity contribution in [1.82, 2.24) is 15.1 Å². The van der Waals surface area contributed by atoms with Gasteiger partial charge in [0.05, 0.1) is 23.5 Å². The predicted octanol–water partition coefficient (Wildman–Crippen LogP) is 3.22. The average molecular weight is 348 g/mol. The number of carbonyl (C=O) groups is 1. The highest BCUT2D eigenvalue weighted by Gasteiger charge is 2.28. The van der Waals surface area contributed by atoms with Gasteiger partial charge in [-0.15, -0.1) is 10.2 Å². The van der Waals surface area contributed by atoms with Crippen LogP contribution in [0.5, 0.6) is 0 Å². The molecule has 1 aliphatic heterocycles. The number of nitriles is 1. The van der Waals surface area contributed by atoms with Crippen LogP contribution in [0, 0.1) is 11.3 Å². The summed E-state index contributed by atoms with van der Waals surface area (Å²) < 4.78 is 10.8. The molecule has 1 amide bonds. The lowest BCUT2D eigenvalue weighted by atomic mass is 9.96. The summed E-state index contributed by atoms with van der Waals surface area (Å²) in [6.45, 7) is 1.26. The van der Waals surface area contributed by atoms with Crippen molar-refractivity contribution in [3.05, 3.63) is 59.9 Å². The molecule has 3 aromatic rings. The molecular weight excluding hydrogens is 332 g/mol. The Kier molecular flexibility index (Phi) is 4.23. The standard InChI is InChI=1S/C19H16N4O3/c20-11-13-1-3-15(4-2-13)19(24)23-8-5-14(6-9-23)17-21-22-18(26-17)16-7-10-25-12-16/h1-4,7,10,12,14H,5-6,8-9H2. The molecule has 0 atom stereocenters. The first-order valence-electron chi connectivity index (χ1n) is 8.40. The molecule has 4 rings (SSSR count). The Balaban J connectivity index is 1.39. The van der Waals surface area contributed by atoms with Crippen molar-refractivity contribution in [2.75, 3.05) is 13.1 Å². The minimum absolute atomic E-state index is 0.0162. The van der Waals surface area contributed by atoms with Gasteiger partial charge in [-0.05, 0) is 43.2 Å². The van der Waals surface area contributed by atoms with E-state index in [0.29, 0.717) is 36.0 Å². The van der Waals surface area contributed by atoms with Crippen molar-refractivity contribution < 1.29 is 13.6 Å². The van der Waals surface area contributed by atoms with Crippen LogP contribution in [0.4, 0.5) is 0 Å². The van der Waals surface area contributed by atoms with E-state index >= 15 is 0 Å². The number of likely N-dealkylation sites (tertiary alicyclic amines) is 1. The van der Waals surface area contributed by atoms with Crippen LogP contribution in [0.1, 0.15) is 40.6 Å². The third-order valence-corrected chi connectivity index (χ3v) is 4.60. The van der Waals surface area contributed by atoms with E-state index < -0.39 is 0 Å². The fraction of sp³-hybridized carbons (Fsp3) is 0.263. The lowest BCUT2D eigenvalue weighted by Gasteiger charge is -2.30. The molecule has 7 heteroatoms. The molecule has 0 bridgehead atoms. The minimum Gasteiger partial charge on any atom is -0.472 e. The number of aromatic nitrogens is 2. The van der Waals surface area contributed by atoms with Crippen LogP contribution in [0.25, 0.3) is 11.5 Å². The zero-order chi connectivity index (χ0) is 17.9. The summed E-state index contributed by atoms with van der Waals surface area (Å²) in [6, 6.07) is 10.5. The summed E-state index contributed by atoms with van der Waals surface area (Å²) >= 11 is 0. The Bertz CT molecular complexity index is 930. The third kappa shape index (κ3) is 3.09. The molecule has 0 unspecified atom stereocenters. The Hall–Kier alpha value is -3.40. The van der Waals surface area contributed by atoms with Crippen LogP contribution in [-0.4, -0.2) is 34.1 Å². The highest BCUT2D eigenvalue weighted by atomic mass is 16.4. The van der Waals surface area contributed by atoms with Crippen molar-refractivity contribution in [3.63, 3.8) is 0 Å². The fourth-order valence-corrected chi connectivity index (χ4v) is 3.10. The van der Waals surface area contributed by atoms with E-state index in [1.807, 2.05) is 4.90 Å². The Morgan fingerprint density at radius 1 is 1.15 bits per heavy atom. The lowest BCUT2D eigenvalue weighted by Crippen LogP contribution is -2.38. The zero-order valence-corrected chi connectivity index (χ0v) is 14.0. The van der Waals surface area contributed by atoms with Crippen molar-refractivity contribution in [3.8, 4) is 17.5 Å². The first-order chi connectivity index (χ1) is 12.7. The maximum absolute atomic E-state index is 12.6. The van der Waals surface area contributed by atoms with Gasteiger partial charge in [-0.1, -0.05) is 0 Å².